The molecule has 2 unspecified atom stereocenters. The van der Waals surface area contributed by atoms with E-state index in [-0.39, 0.29) is 11.5 Å². The first-order chi connectivity index (χ1) is 13.0. The quantitative estimate of drug-likeness (QED) is 0.354. The van der Waals surface area contributed by atoms with E-state index in [0.29, 0.717) is 31.0 Å². The number of allylic oxidation sites excluding steroid dienone is 4. The Bertz CT molecular complexity index is 514. The van der Waals surface area contributed by atoms with Gasteiger partial charge in [-0.1, -0.05) is 13.8 Å². The minimum atomic E-state index is -0.972. The molecule has 27 heavy (non-hydrogen) atoms. The standard InChI is InChI=1S/C22H36F2O3/c1-5-19-12-11-18(14-26-19)17-9-7-16(8-10-17)13-27-20(6-2)22(24)21(23)15(3)25-4/h16-19H,5-14H2,1-4H3/b21-15-,22-20-. The lowest BCUT2D eigenvalue weighted by Crippen LogP contribution is -2.32. The van der Waals surface area contributed by atoms with Crippen LogP contribution in [0.1, 0.15) is 72.1 Å². The van der Waals surface area contributed by atoms with Gasteiger partial charge in [-0.05, 0) is 69.6 Å². The maximum absolute atomic E-state index is 14.2. The van der Waals surface area contributed by atoms with Crippen LogP contribution in [0.25, 0.3) is 0 Å². The highest BCUT2D eigenvalue weighted by Gasteiger charge is 2.31. The van der Waals surface area contributed by atoms with Crippen LogP contribution in [-0.4, -0.2) is 26.4 Å². The van der Waals surface area contributed by atoms with Gasteiger partial charge in [0.1, 0.15) is 11.5 Å². The monoisotopic (exact) mass is 386 g/mol. The topological polar surface area (TPSA) is 27.7 Å². The fourth-order valence-corrected chi connectivity index (χ4v) is 4.25. The van der Waals surface area contributed by atoms with Crippen molar-refractivity contribution >= 4 is 0 Å². The number of rotatable bonds is 8. The largest absolute Gasteiger partial charge is 0.498 e. The molecule has 2 fully saturated rings. The number of hydrogen-bond acceptors (Lipinski definition) is 3. The van der Waals surface area contributed by atoms with Crippen LogP contribution in [0, 0.1) is 17.8 Å². The van der Waals surface area contributed by atoms with Gasteiger partial charge in [0.15, 0.2) is 11.7 Å². The van der Waals surface area contributed by atoms with Gasteiger partial charge in [0.25, 0.3) is 0 Å². The molecule has 2 rings (SSSR count). The normalized spacial score (nSPS) is 31.0. The zero-order chi connectivity index (χ0) is 19.8. The Kier molecular flexibility index (Phi) is 9.07. The summed E-state index contributed by atoms with van der Waals surface area (Å²) in [6.45, 7) is 6.73. The maximum Gasteiger partial charge on any atom is 0.199 e. The van der Waals surface area contributed by atoms with Crippen molar-refractivity contribution in [3.8, 4) is 0 Å². The summed E-state index contributed by atoms with van der Waals surface area (Å²) in [7, 11) is 1.33. The van der Waals surface area contributed by atoms with Crippen molar-refractivity contribution in [2.24, 2.45) is 17.8 Å². The van der Waals surface area contributed by atoms with Gasteiger partial charge < -0.3 is 14.2 Å². The predicted octanol–water partition coefficient (Wildman–Crippen LogP) is 6.45. The predicted molar refractivity (Wildman–Crippen MR) is 103 cm³/mol. The molecule has 0 radical (unpaired) electrons. The van der Waals surface area contributed by atoms with E-state index in [1.807, 2.05) is 0 Å². The third kappa shape index (κ3) is 6.20. The Labute approximate surface area is 163 Å². The lowest BCUT2D eigenvalue weighted by molar-refractivity contribution is -0.0411. The zero-order valence-electron chi connectivity index (χ0n) is 17.4. The van der Waals surface area contributed by atoms with Gasteiger partial charge in [-0.15, -0.1) is 0 Å². The molecular formula is C22H36F2O3. The van der Waals surface area contributed by atoms with Crippen molar-refractivity contribution in [2.45, 2.75) is 78.2 Å². The smallest absolute Gasteiger partial charge is 0.199 e. The van der Waals surface area contributed by atoms with E-state index < -0.39 is 11.7 Å². The molecule has 0 bridgehead atoms. The van der Waals surface area contributed by atoms with Gasteiger partial charge in [-0.25, -0.2) is 0 Å². The highest BCUT2D eigenvalue weighted by atomic mass is 19.2. The highest BCUT2D eigenvalue weighted by Crippen LogP contribution is 2.38. The minimum Gasteiger partial charge on any atom is -0.498 e. The third-order valence-corrected chi connectivity index (χ3v) is 6.29. The molecule has 0 spiro atoms. The van der Waals surface area contributed by atoms with E-state index in [9.17, 15) is 8.78 Å². The number of ether oxygens (including phenoxy) is 3. The van der Waals surface area contributed by atoms with Gasteiger partial charge >= 0.3 is 0 Å². The van der Waals surface area contributed by atoms with Crippen LogP contribution >= 0.6 is 0 Å². The lowest BCUT2D eigenvalue weighted by atomic mass is 9.74. The van der Waals surface area contributed by atoms with Crippen LogP contribution in [0.4, 0.5) is 8.78 Å². The van der Waals surface area contributed by atoms with Gasteiger partial charge in [0.2, 0.25) is 0 Å². The molecule has 0 aromatic rings. The second-order valence-corrected chi connectivity index (χ2v) is 7.96. The van der Waals surface area contributed by atoms with E-state index >= 15 is 0 Å². The summed E-state index contributed by atoms with van der Waals surface area (Å²) in [5.74, 6) is -0.0498. The van der Waals surface area contributed by atoms with Crippen molar-refractivity contribution in [1.82, 2.24) is 0 Å². The molecule has 3 nitrogen and oxygen atoms in total. The molecule has 0 amide bonds. The number of methoxy groups -OCH3 is 1. The van der Waals surface area contributed by atoms with E-state index in [1.54, 1.807) is 6.92 Å². The highest BCUT2D eigenvalue weighted by molar-refractivity contribution is 5.24. The van der Waals surface area contributed by atoms with E-state index in [4.69, 9.17) is 14.2 Å². The molecule has 156 valence electrons. The summed E-state index contributed by atoms with van der Waals surface area (Å²) in [6.07, 6.45) is 8.91. The summed E-state index contributed by atoms with van der Waals surface area (Å²) >= 11 is 0. The molecule has 2 atom stereocenters. The Morgan fingerprint density at radius 2 is 1.63 bits per heavy atom. The SMILES string of the molecule is CC/C(OCC1CCC(C2CCC(CC)OC2)CC1)=C(F)\C(F)=C(/C)OC. The summed E-state index contributed by atoms with van der Waals surface area (Å²) in [5, 5.41) is 0. The van der Waals surface area contributed by atoms with Crippen molar-refractivity contribution in [3.05, 3.63) is 23.2 Å². The van der Waals surface area contributed by atoms with Crippen molar-refractivity contribution in [1.29, 1.82) is 0 Å². The first-order valence-corrected chi connectivity index (χ1v) is 10.5. The minimum absolute atomic E-state index is 0.0671. The third-order valence-electron chi connectivity index (χ3n) is 6.29. The second kappa shape index (κ2) is 11.0. The van der Waals surface area contributed by atoms with Gasteiger partial charge in [-0.3, -0.25) is 0 Å². The number of hydrogen-bond donors (Lipinski definition) is 0. The molecule has 1 aliphatic heterocycles. The Balaban J connectivity index is 1.80. The molecule has 1 heterocycles. The molecule has 1 saturated carbocycles. The summed E-state index contributed by atoms with van der Waals surface area (Å²) in [4.78, 5) is 0. The molecule has 0 aromatic carbocycles. The van der Waals surface area contributed by atoms with E-state index in [0.717, 1.165) is 31.8 Å². The Hall–Kier alpha value is -1.10. The molecule has 5 heteroatoms. The molecule has 1 aliphatic carbocycles. The molecule has 1 saturated heterocycles. The van der Waals surface area contributed by atoms with E-state index in [1.165, 1.54) is 39.7 Å². The van der Waals surface area contributed by atoms with Crippen molar-refractivity contribution in [3.63, 3.8) is 0 Å². The number of halogens is 2. The van der Waals surface area contributed by atoms with Crippen molar-refractivity contribution in [2.75, 3.05) is 20.3 Å². The van der Waals surface area contributed by atoms with E-state index in [2.05, 4.69) is 6.92 Å². The summed E-state index contributed by atoms with van der Waals surface area (Å²) < 4.78 is 44.6. The summed E-state index contributed by atoms with van der Waals surface area (Å²) in [5.41, 5.74) is 0. The van der Waals surface area contributed by atoms with Crippen LogP contribution in [-0.2, 0) is 14.2 Å². The first kappa shape index (κ1) is 22.2. The van der Waals surface area contributed by atoms with Crippen LogP contribution in [0.15, 0.2) is 23.2 Å². The van der Waals surface area contributed by atoms with Crippen LogP contribution in [0.5, 0.6) is 0 Å². The second-order valence-electron chi connectivity index (χ2n) is 7.96. The molecule has 0 aromatic heterocycles. The average Bonchev–Trinajstić information content (AvgIpc) is 2.73. The summed E-state index contributed by atoms with van der Waals surface area (Å²) in [6, 6.07) is 0. The fourth-order valence-electron chi connectivity index (χ4n) is 4.25. The van der Waals surface area contributed by atoms with Gasteiger partial charge in [0, 0.05) is 6.42 Å². The van der Waals surface area contributed by atoms with Gasteiger partial charge in [0.05, 0.1) is 26.4 Å². The van der Waals surface area contributed by atoms with Gasteiger partial charge in [-0.2, -0.15) is 8.78 Å². The lowest BCUT2D eigenvalue weighted by Gasteiger charge is -2.37. The average molecular weight is 387 g/mol. The van der Waals surface area contributed by atoms with Crippen LogP contribution in [0.3, 0.4) is 0 Å². The fraction of sp³-hybridized carbons (Fsp3) is 0.818. The molecular weight excluding hydrogens is 350 g/mol. The van der Waals surface area contributed by atoms with Crippen LogP contribution < -0.4 is 0 Å². The first-order valence-electron chi connectivity index (χ1n) is 10.5. The van der Waals surface area contributed by atoms with Crippen LogP contribution in [0.2, 0.25) is 0 Å². The Morgan fingerprint density at radius 1 is 0.963 bits per heavy atom. The van der Waals surface area contributed by atoms with Crippen molar-refractivity contribution < 1.29 is 23.0 Å². The maximum atomic E-state index is 14.2. The molecule has 0 N–H and O–H groups in total. The Morgan fingerprint density at radius 3 is 2.15 bits per heavy atom. The zero-order valence-corrected chi connectivity index (χ0v) is 17.4. The molecule has 2 aliphatic rings.